The topological polar surface area (TPSA) is 121 Å². The molecule has 1 spiro atoms. The van der Waals surface area contributed by atoms with Gasteiger partial charge in [-0.25, -0.2) is 14.4 Å². The summed E-state index contributed by atoms with van der Waals surface area (Å²) < 4.78 is 26.4. The van der Waals surface area contributed by atoms with Crippen LogP contribution in [0.3, 0.4) is 0 Å². The van der Waals surface area contributed by atoms with Crippen molar-refractivity contribution in [1.82, 2.24) is 19.8 Å². The van der Waals surface area contributed by atoms with Gasteiger partial charge in [-0.1, -0.05) is 0 Å². The third kappa shape index (κ3) is 7.29. The number of nitrogens with two attached hydrogens (primary N) is 1. The van der Waals surface area contributed by atoms with Gasteiger partial charge in [-0.3, -0.25) is 4.79 Å². The number of benzene rings is 1. The maximum absolute atomic E-state index is 14.3. The summed E-state index contributed by atoms with van der Waals surface area (Å²) in [6, 6.07) is 5.98. The van der Waals surface area contributed by atoms with Crippen molar-refractivity contribution in [1.29, 1.82) is 5.26 Å². The number of nitrogens with zero attached hydrogens (tertiary/aromatic N) is 6. The first-order valence-electron chi connectivity index (χ1n) is 14.6. The highest BCUT2D eigenvalue weighted by Crippen LogP contribution is 2.45. The minimum atomic E-state index is -0.538. The Balaban J connectivity index is 0.00000405. The molecule has 42 heavy (non-hydrogen) atoms. The summed E-state index contributed by atoms with van der Waals surface area (Å²) in [5.74, 6) is 0.377. The van der Waals surface area contributed by atoms with E-state index < -0.39 is 5.82 Å². The number of rotatable bonds is 9. The van der Waals surface area contributed by atoms with Crippen molar-refractivity contribution in [2.75, 3.05) is 50.8 Å². The van der Waals surface area contributed by atoms with E-state index in [1.807, 2.05) is 13.8 Å². The number of aromatic nitrogens is 2. The van der Waals surface area contributed by atoms with Crippen molar-refractivity contribution in [2.45, 2.75) is 64.1 Å². The van der Waals surface area contributed by atoms with Crippen LogP contribution in [-0.4, -0.2) is 89.7 Å². The van der Waals surface area contributed by atoms with Crippen molar-refractivity contribution in [3.63, 3.8) is 0 Å². The van der Waals surface area contributed by atoms with Gasteiger partial charge < -0.3 is 29.9 Å². The Morgan fingerprint density at radius 1 is 1.29 bits per heavy atom. The van der Waals surface area contributed by atoms with Crippen LogP contribution in [0, 0.1) is 22.6 Å². The van der Waals surface area contributed by atoms with Crippen LogP contribution < -0.4 is 15.4 Å². The molecule has 2 atom stereocenters. The molecule has 0 saturated carbocycles. The average Bonchev–Trinajstić information content (AvgIpc) is 2.95. The number of carbonyl (C=O) groups is 1. The van der Waals surface area contributed by atoms with Crippen molar-refractivity contribution < 1.29 is 18.7 Å². The van der Waals surface area contributed by atoms with Crippen molar-refractivity contribution >= 4 is 24.1 Å². The number of ether oxygens (including phenoxy) is 2. The molecule has 12 heteroatoms. The molecule has 4 heterocycles. The number of hydrogen-bond donors (Lipinski definition) is 1. The highest BCUT2D eigenvalue weighted by atomic mass is 35.5. The molecule has 2 N–H and O–H groups in total. The lowest BCUT2D eigenvalue weighted by atomic mass is 9.72. The van der Waals surface area contributed by atoms with Crippen LogP contribution in [0.1, 0.15) is 56.3 Å². The van der Waals surface area contributed by atoms with Gasteiger partial charge in [0.05, 0.1) is 37.0 Å². The molecule has 1 amide bonds. The fraction of sp³-hybridized carbons (Fsp3) is 0.600. The number of halogens is 2. The normalized spacial score (nSPS) is 21.8. The average molecular weight is 602 g/mol. The Morgan fingerprint density at radius 2 is 2.05 bits per heavy atom. The Kier molecular flexibility index (Phi) is 10.6. The van der Waals surface area contributed by atoms with Crippen molar-refractivity contribution in [3.05, 3.63) is 42.1 Å². The van der Waals surface area contributed by atoms with Crippen LogP contribution in [0.2, 0.25) is 0 Å². The molecule has 0 unspecified atom stereocenters. The minimum absolute atomic E-state index is 0. The first kappa shape index (κ1) is 31.9. The molecule has 3 saturated heterocycles. The Morgan fingerprint density at radius 3 is 2.71 bits per heavy atom. The number of hydrogen-bond acceptors (Lipinski definition) is 9. The first-order valence-corrected chi connectivity index (χ1v) is 14.6. The fourth-order valence-electron chi connectivity index (χ4n) is 6.11. The lowest BCUT2D eigenvalue weighted by Gasteiger charge is -2.54. The zero-order valence-corrected chi connectivity index (χ0v) is 25.2. The second kappa shape index (κ2) is 14.0. The minimum Gasteiger partial charge on any atom is -0.451 e. The van der Waals surface area contributed by atoms with E-state index in [1.165, 1.54) is 24.5 Å². The Bertz CT molecular complexity index is 1250. The SMILES string of the molecule is CC(C)N(CCC#N)C(=O)c1cc(F)ccc1Oc1cncnc1N1CC2(CCN(C[C@@H]3CC[C@@H](N)CO3)CC2)C1.Cl. The number of carbonyl (C=O) groups excluding carboxylic acids is 1. The summed E-state index contributed by atoms with van der Waals surface area (Å²) in [6.07, 6.45) is 7.83. The van der Waals surface area contributed by atoms with E-state index >= 15 is 0 Å². The maximum atomic E-state index is 14.3. The molecule has 0 aliphatic carbocycles. The van der Waals surface area contributed by atoms with Crippen LogP contribution in [-0.2, 0) is 4.74 Å². The monoisotopic (exact) mass is 601 g/mol. The zero-order valence-electron chi connectivity index (χ0n) is 24.4. The molecule has 1 aromatic heterocycles. The van der Waals surface area contributed by atoms with Gasteiger partial charge in [0.1, 0.15) is 17.9 Å². The second-order valence-electron chi connectivity index (χ2n) is 11.9. The van der Waals surface area contributed by atoms with Gasteiger partial charge in [-0.15, -0.1) is 12.4 Å². The lowest BCUT2D eigenvalue weighted by Crippen LogP contribution is -2.61. The maximum Gasteiger partial charge on any atom is 0.258 e. The number of piperidine rings is 1. The Labute approximate surface area is 253 Å². The van der Waals surface area contributed by atoms with E-state index in [9.17, 15) is 9.18 Å². The third-order valence-electron chi connectivity index (χ3n) is 8.54. The Hall–Kier alpha value is -3.04. The van der Waals surface area contributed by atoms with Crippen LogP contribution >= 0.6 is 12.4 Å². The lowest BCUT2D eigenvalue weighted by molar-refractivity contribution is -0.0277. The third-order valence-corrected chi connectivity index (χ3v) is 8.54. The molecule has 228 valence electrons. The van der Waals surface area contributed by atoms with Gasteiger partial charge in [0.2, 0.25) is 0 Å². The van der Waals surface area contributed by atoms with E-state index in [2.05, 4.69) is 25.8 Å². The number of likely N-dealkylation sites (tertiary alicyclic amines) is 1. The van der Waals surface area contributed by atoms with E-state index in [0.29, 0.717) is 18.2 Å². The quantitative estimate of drug-likeness (QED) is 0.454. The molecule has 2 aromatic rings. The summed E-state index contributed by atoms with van der Waals surface area (Å²) >= 11 is 0. The van der Waals surface area contributed by atoms with E-state index in [-0.39, 0.29) is 66.2 Å². The van der Waals surface area contributed by atoms with Gasteiger partial charge in [0, 0.05) is 43.7 Å². The molecular formula is C30H41ClFN7O3. The molecule has 0 radical (unpaired) electrons. The molecular weight excluding hydrogens is 561 g/mol. The van der Waals surface area contributed by atoms with Crippen molar-refractivity contribution in [3.8, 4) is 17.6 Å². The van der Waals surface area contributed by atoms with Crippen LogP contribution in [0.5, 0.6) is 11.5 Å². The molecule has 3 aliphatic heterocycles. The van der Waals surface area contributed by atoms with Gasteiger partial charge in [0.15, 0.2) is 11.6 Å². The summed E-state index contributed by atoms with van der Waals surface area (Å²) in [5, 5.41) is 9.03. The standard InChI is InChI=1S/C30H40FN7O3.ClH/c1-21(2)38(11-3-10-32)29(39)25-14-22(31)4-7-26(25)41-27-15-34-20-35-28(27)37-18-30(19-37)8-12-36(13-9-30)16-24-6-5-23(33)17-40-24;/h4,7,14-15,20-21,23-24H,3,5-6,8-9,11-13,16-19,33H2,1-2H3;1H/t23-,24+;/m1./s1. The number of amides is 1. The number of anilines is 1. The van der Waals surface area contributed by atoms with E-state index in [1.54, 1.807) is 11.1 Å². The van der Waals surface area contributed by atoms with Crippen LogP contribution in [0.25, 0.3) is 0 Å². The largest absolute Gasteiger partial charge is 0.451 e. The van der Waals surface area contributed by atoms with Gasteiger partial charge in [0.25, 0.3) is 5.91 Å². The highest BCUT2D eigenvalue weighted by Gasteiger charge is 2.46. The fourth-order valence-corrected chi connectivity index (χ4v) is 6.11. The van der Waals surface area contributed by atoms with Gasteiger partial charge in [-0.05, 0) is 70.8 Å². The first-order chi connectivity index (χ1) is 19.8. The number of nitriles is 1. The van der Waals surface area contributed by atoms with Crippen molar-refractivity contribution in [2.24, 2.45) is 11.1 Å². The predicted molar refractivity (Wildman–Crippen MR) is 159 cm³/mol. The smallest absolute Gasteiger partial charge is 0.258 e. The molecule has 0 bridgehead atoms. The summed E-state index contributed by atoms with van der Waals surface area (Å²) in [7, 11) is 0. The highest BCUT2D eigenvalue weighted by molar-refractivity contribution is 5.97. The van der Waals surface area contributed by atoms with Crippen LogP contribution in [0.4, 0.5) is 10.2 Å². The summed E-state index contributed by atoms with van der Waals surface area (Å²) in [6.45, 7) is 9.44. The summed E-state index contributed by atoms with van der Waals surface area (Å²) in [5.41, 5.74) is 6.31. The van der Waals surface area contributed by atoms with Gasteiger partial charge >= 0.3 is 0 Å². The second-order valence-corrected chi connectivity index (χ2v) is 11.9. The van der Waals surface area contributed by atoms with E-state index in [0.717, 1.165) is 58.4 Å². The van der Waals surface area contributed by atoms with Crippen LogP contribution in [0.15, 0.2) is 30.7 Å². The zero-order chi connectivity index (χ0) is 29.0. The molecule has 1 aromatic carbocycles. The van der Waals surface area contributed by atoms with E-state index in [4.69, 9.17) is 20.5 Å². The molecule has 3 fully saturated rings. The molecule has 5 rings (SSSR count). The molecule has 3 aliphatic rings. The molecule has 10 nitrogen and oxygen atoms in total. The predicted octanol–water partition coefficient (Wildman–Crippen LogP) is 4.00. The van der Waals surface area contributed by atoms with Gasteiger partial charge in [-0.2, -0.15) is 5.26 Å². The summed E-state index contributed by atoms with van der Waals surface area (Å²) in [4.78, 5) is 28.3.